The zero-order valence-electron chi connectivity index (χ0n) is 12.2. The lowest BCUT2D eigenvalue weighted by Crippen LogP contribution is -2.39. The number of rotatable bonds is 2. The summed E-state index contributed by atoms with van der Waals surface area (Å²) in [5.41, 5.74) is 3.08. The van der Waals surface area contributed by atoms with Gasteiger partial charge in [0.05, 0.1) is 5.69 Å². The Bertz CT molecular complexity index is 729. The van der Waals surface area contributed by atoms with Crippen LogP contribution in [0.1, 0.15) is 31.2 Å². The molecule has 0 atom stereocenters. The number of aromatic nitrogens is 1. The lowest BCUT2D eigenvalue weighted by atomic mass is 10.1. The molecule has 0 bridgehead atoms. The minimum Gasteiger partial charge on any atom is -0.326 e. The summed E-state index contributed by atoms with van der Waals surface area (Å²) in [7, 11) is 0. The third-order valence-electron chi connectivity index (χ3n) is 4.44. The number of hydrogen-bond donors (Lipinski definition) is 1. The summed E-state index contributed by atoms with van der Waals surface area (Å²) >= 11 is 0. The molecule has 1 aromatic heterocycles. The van der Waals surface area contributed by atoms with Crippen LogP contribution in [0.4, 0.5) is 0 Å². The third kappa shape index (κ3) is 2.21. The maximum Gasteiger partial charge on any atom is 0.272 e. The fraction of sp³-hybridized carbons (Fsp3) is 0.278. The zero-order valence-corrected chi connectivity index (χ0v) is 12.2. The van der Waals surface area contributed by atoms with E-state index in [9.17, 15) is 4.79 Å². The highest BCUT2D eigenvalue weighted by Crippen LogP contribution is 2.34. The summed E-state index contributed by atoms with van der Waals surface area (Å²) in [6.45, 7) is 0. The second-order valence-corrected chi connectivity index (χ2v) is 5.95. The average Bonchev–Trinajstić information content (AvgIpc) is 3.15. The van der Waals surface area contributed by atoms with Gasteiger partial charge in [0.25, 0.3) is 5.91 Å². The summed E-state index contributed by atoms with van der Waals surface area (Å²) in [6, 6.07) is 13.7. The third-order valence-corrected chi connectivity index (χ3v) is 4.44. The molecule has 1 saturated carbocycles. The Morgan fingerprint density at radius 3 is 2.36 bits per heavy atom. The Hall–Kier alpha value is -2.49. The van der Waals surface area contributed by atoms with Gasteiger partial charge >= 0.3 is 0 Å². The van der Waals surface area contributed by atoms with Gasteiger partial charge in [-0.05, 0) is 37.8 Å². The van der Waals surface area contributed by atoms with Crippen molar-refractivity contribution in [3.05, 3.63) is 54.2 Å². The molecule has 2 aromatic rings. The minimum absolute atomic E-state index is 0.0486. The van der Waals surface area contributed by atoms with Gasteiger partial charge in [-0.15, -0.1) is 0 Å². The van der Waals surface area contributed by atoms with Crippen molar-refractivity contribution in [2.75, 3.05) is 0 Å². The standard InChI is InChI=1S/C18H17N3O/c22-17-16(20-18(21-17)10-2-3-11-18)14-8-6-13(7-9-14)15-5-1-4-12-19-15/h1,4-9,12H,2-3,10-11H2,(H,21,22). The molecule has 4 rings (SSSR count). The molecular formula is C18H17N3O. The first kappa shape index (κ1) is 13.2. The molecule has 110 valence electrons. The number of amides is 1. The van der Waals surface area contributed by atoms with Gasteiger partial charge in [0, 0.05) is 17.3 Å². The first-order chi connectivity index (χ1) is 10.8. The van der Waals surface area contributed by atoms with Gasteiger partial charge in [-0.3, -0.25) is 14.8 Å². The van der Waals surface area contributed by atoms with Gasteiger partial charge in [-0.1, -0.05) is 30.3 Å². The van der Waals surface area contributed by atoms with E-state index in [-0.39, 0.29) is 11.6 Å². The first-order valence-corrected chi connectivity index (χ1v) is 7.70. The van der Waals surface area contributed by atoms with Crippen LogP contribution in [0.25, 0.3) is 11.3 Å². The Kier molecular flexibility index (Phi) is 3.03. The smallest absolute Gasteiger partial charge is 0.272 e. The topological polar surface area (TPSA) is 54.4 Å². The molecule has 1 aromatic carbocycles. The second kappa shape index (κ2) is 5.05. The van der Waals surface area contributed by atoms with E-state index in [1.807, 2.05) is 42.5 Å². The van der Waals surface area contributed by atoms with Crippen LogP contribution in [0.2, 0.25) is 0 Å². The molecular weight excluding hydrogens is 274 g/mol. The van der Waals surface area contributed by atoms with Crippen LogP contribution in [-0.2, 0) is 4.79 Å². The van der Waals surface area contributed by atoms with Crippen molar-refractivity contribution in [1.29, 1.82) is 0 Å². The zero-order chi connectivity index (χ0) is 15.0. The van der Waals surface area contributed by atoms with Gasteiger partial charge in [0.15, 0.2) is 0 Å². The molecule has 1 N–H and O–H groups in total. The highest BCUT2D eigenvalue weighted by molar-refractivity contribution is 6.46. The molecule has 1 amide bonds. The molecule has 2 heterocycles. The Morgan fingerprint density at radius 2 is 1.68 bits per heavy atom. The predicted octanol–water partition coefficient (Wildman–Crippen LogP) is 2.94. The van der Waals surface area contributed by atoms with E-state index in [4.69, 9.17) is 4.99 Å². The summed E-state index contributed by atoms with van der Waals surface area (Å²) in [5.74, 6) is -0.0486. The van der Waals surface area contributed by atoms with Crippen molar-refractivity contribution in [2.24, 2.45) is 4.99 Å². The quantitative estimate of drug-likeness (QED) is 0.925. The van der Waals surface area contributed by atoms with Gasteiger partial charge in [-0.25, -0.2) is 0 Å². The number of pyridine rings is 1. The van der Waals surface area contributed by atoms with Crippen molar-refractivity contribution >= 4 is 11.6 Å². The molecule has 0 saturated heterocycles. The number of hydrogen-bond acceptors (Lipinski definition) is 3. The van der Waals surface area contributed by atoms with E-state index in [2.05, 4.69) is 10.3 Å². The average molecular weight is 291 g/mol. The van der Waals surface area contributed by atoms with Crippen LogP contribution < -0.4 is 5.32 Å². The van der Waals surface area contributed by atoms with Crippen LogP contribution in [0, 0.1) is 0 Å². The molecule has 22 heavy (non-hydrogen) atoms. The SMILES string of the molecule is O=C1NC2(CCCC2)N=C1c1ccc(-c2ccccn2)cc1. The Labute approximate surface area is 129 Å². The van der Waals surface area contributed by atoms with Crippen molar-refractivity contribution in [3.8, 4) is 11.3 Å². The summed E-state index contributed by atoms with van der Waals surface area (Å²) in [5, 5.41) is 3.07. The summed E-state index contributed by atoms with van der Waals surface area (Å²) in [4.78, 5) is 21.3. The second-order valence-electron chi connectivity index (χ2n) is 5.95. The summed E-state index contributed by atoms with van der Waals surface area (Å²) < 4.78 is 0. The van der Waals surface area contributed by atoms with Crippen molar-refractivity contribution in [2.45, 2.75) is 31.3 Å². The van der Waals surface area contributed by atoms with Gasteiger partial charge < -0.3 is 5.32 Å². The molecule has 1 aliphatic carbocycles. The van der Waals surface area contributed by atoms with Crippen LogP contribution in [0.3, 0.4) is 0 Å². The first-order valence-electron chi connectivity index (χ1n) is 7.70. The molecule has 4 nitrogen and oxygen atoms in total. The van der Waals surface area contributed by atoms with E-state index in [0.29, 0.717) is 5.71 Å². The van der Waals surface area contributed by atoms with Crippen molar-refractivity contribution in [3.63, 3.8) is 0 Å². The summed E-state index contributed by atoms with van der Waals surface area (Å²) in [6.07, 6.45) is 5.95. The number of benzene rings is 1. The van der Waals surface area contributed by atoms with E-state index in [1.165, 1.54) is 0 Å². The van der Waals surface area contributed by atoms with E-state index < -0.39 is 0 Å². The molecule has 1 spiro atoms. The predicted molar refractivity (Wildman–Crippen MR) is 85.6 cm³/mol. The highest BCUT2D eigenvalue weighted by Gasteiger charge is 2.41. The van der Waals surface area contributed by atoms with Crippen LogP contribution in [-0.4, -0.2) is 22.3 Å². The molecule has 1 aliphatic heterocycles. The maximum atomic E-state index is 12.2. The number of nitrogens with one attached hydrogen (secondary N) is 1. The largest absolute Gasteiger partial charge is 0.326 e. The van der Waals surface area contributed by atoms with Crippen LogP contribution >= 0.6 is 0 Å². The van der Waals surface area contributed by atoms with E-state index in [0.717, 1.165) is 42.5 Å². The van der Waals surface area contributed by atoms with Gasteiger partial charge in [-0.2, -0.15) is 0 Å². The van der Waals surface area contributed by atoms with Gasteiger partial charge in [0.2, 0.25) is 0 Å². The Balaban J connectivity index is 1.65. The lowest BCUT2D eigenvalue weighted by Gasteiger charge is -2.18. The van der Waals surface area contributed by atoms with E-state index >= 15 is 0 Å². The fourth-order valence-electron chi connectivity index (χ4n) is 3.29. The molecule has 0 radical (unpaired) electrons. The lowest BCUT2D eigenvalue weighted by molar-refractivity contribution is -0.115. The maximum absolute atomic E-state index is 12.2. The monoisotopic (exact) mass is 291 g/mol. The number of nitrogens with zero attached hydrogens (tertiary/aromatic N) is 2. The van der Waals surface area contributed by atoms with Crippen LogP contribution in [0.5, 0.6) is 0 Å². The van der Waals surface area contributed by atoms with Crippen molar-refractivity contribution < 1.29 is 4.79 Å². The number of carbonyl (C=O) groups is 1. The minimum atomic E-state index is -0.327. The number of carbonyl (C=O) groups excluding carboxylic acids is 1. The normalized spacial score (nSPS) is 19.3. The van der Waals surface area contributed by atoms with Gasteiger partial charge in [0.1, 0.15) is 11.4 Å². The fourth-order valence-corrected chi connectivity index (χ4v) is 3.29. The highest BCUT2D eigenvalue weighted by atomic mass is 16.2. The molecule has 4 heteroatoms. The molecule has 2 aliphatic rings. The molecule has 1 fully saturated rings. The number of aliphatic imine (C=N–C) groups is 1. The Morgan fingerprint density at radius 1 is 0.955 bits per heavy atom. The molecule has 0 unspecified atom stereocenters. The van der Waals surface area contributed by atoms with Crippen LogP contribution in [0.15, 0.2) is 53.7 Å². The van der Waals surface area contributed by atoms with E-state index in [1.54, 1.807) is 6.20 Å². The van der Waals surface area contributed by atoms with Crippen molar-refractivity contribution in [1.82, 2.24) is 10.3 Å².